The van der Waals surface area contributed by atoms with Gasteiger partial charge in [0, 0.05) is 5.56 Å². The Morgan fingerprint density at radius 2 is 1.89 bits per heavy atom. The van der Waals surface area contributed by atoms with Gasteiger partial charge in [-0.05, 0) is 49.2 Å². The Hall–Kier alpha value is -4.45. The summed E-state index contributed by atoms with van der Waals surface area (Å²) in [5, 5.41) is 13.1. The number of nitrogens with zero attached hydrogens (tertiary/aromatic N) is 4. The summed E-state index contributed by atoms with van der Waals surface area (Å²) in [4.78, 5) is 27.3. The molecule has 1 aliphatic rings. The molecule has 3 heterocycles. The molecule has 5 rings (SSSR count). The molecule has 190 valence electrons. The lowest BCUT2D eigenvalue weighted by Crippen LogP contribution is -2.55. The quantitative estimate of drug-likeness (QED) is 0.346. The van der Waals surface area contributed by atoms with Crippen LogP contribution in [0.3, 0.4) is 0 Å². The van der Waals surface area contributed by atoms with E-state index in [4.69, 9.17) is 10.2 Å². The van der Waals surface area contributed by atoms with Crippen LogP contribution in [0.15, 0.2) is 71.6 Å². The summed E-state index contributed by atoms with van der Waals surface area (Å²) in [5.74, 6) is 0.620. The zero-order valence-electron chi connectivity index (χ0n) is 19.2. The van der Waals surface area contributed by atoms with Gasteiger partial charge in [0.1, 0.15) is 11.5 Å². The maximum absolute atomic E-state index is 13.5. The number of aliphatic hydroxyl groups is 1. The molecule has 37 heavy (non-hydrogen) atoms. The standard InChI is InChI=1S/C25H21F3N6O3/c26-25(27,28)15-4-1-3-14(11-15)17-8-7-16(29)23(32-17)34(19-9-10-20(19)35)24(36)33-22-6-2-5-18(31-22)21-12-30-13-37-21/h1-8,11-13,19-20,35H,9-10,29H2,(H,31,33,36)/t19?,20-/m1/s1. The van der Waals surface area contributed by atoms with Crippen LogP contribution in [0.1, 0.15) is 18.4 Å². The van der Waals surface area contributed by atoms with Crippen molar-refractivity contribution in [1.29, 1.82) is 0 Å². The first-order valence-electron chi connectivity index (χ1n) is 11.3. The SMILES string of the molecule is Nc1ccc(-c2cccc(C(F)(F)F)c2)nc1N(C(=O)Nc1cccc(-c2cnco2)n1)C1CC[C@H]1O. The van der Waals surface area contributed by atoms with E-state index in [0.717, 1.165) is 12.1 Å². The molecule has 0 saturated heterocycles. The first-order chi connectivity index (χ1) is 17.7. The lowest BCUT2D eigenvalue weighted by atomic mass is 9.87. The van der Waals surface area contributed by atoms with Crippen molar-refractivity contribution in [2.75, 3.05) is 16.0 Å². The van der Waals surface area contributed by atoms with E-state index in [1.807, 2.05) is 0 Å². The Balaban J connectivity index is 1.49. The number of nitrogen functional groups attached to an aromatic ring is 1. The Labute approximate surface area is 208 Å². The number of nitrogens with one attached hydrogen (secondary N) is 1. The molecular formula is C25H21F3N6O3. The zero-order chi connectivity index (χ0) is 26.2. The van der Waals surface area contributed by atoms with E-state index in [1.54, 1.807) is 18.2 Å². The van der Waals surface area contributed by atoms with Crippen molar-refractivity contribution < 1.29 is 27.5 Å². The molecule has 1 unspecified atom stereocenters. The lowest BCUT2D eigenvalue weighted by molar-refractivity contribution is -0.137. The van der Waals surface area contributed by atoms with Crippen LogP contribution in [0, 0.1) is 0 Å². The number of alkyl halides is 3. The molecular weight excluding hydrogens is 489 g/mol. The molecule has 3 aromatic heterocycles. The van der Waals surface area contributed by atoms with Crippen LogP contribution in [0.25, 0.3) is 22.7 Å². The number of benzene rings is 1. The molecule has 0 spiro atoms. The molecule has 1 saturated carbocycles. The van der Waals surface area contributed by atoms with Gasteiger partial charge in [0.15, 0.2) is 18.0 Å². The van der Waals surface area contributed by atoms with Crippen molar-refractivity contribution >= 4 is 23.4 Å². The van der Waals surface area contributed by atoms with Crippen molar-refractivity contribution in [2.45, 2.75) is 31.2 Å². The normalized spacial score (nSPS) is 17.2. The Kier molecular flexibility index (Phi) is 6.25. The third-order valence-electron chi connectivity index (χ3n) is 6.04. The minimum Gasteiger partial charge on any atom is -0.442 e. The monoisotopic (exact) mass is 510 g/mol. The summed E-state index contributed by atoms with van der Waals surface area (Å²) < 4.78 is 45.0. The molecule has 12 heteroatoms. The lowest BCUT2D eigenvalue weighted by Gasteiger charge is -2.41. The predicted molar refractivity (Wildman–Crippen MR) is 129 cm³/mol. The van der Waals surface area contributed by atoms with Gasteiger partial charge < -0.3 is 15.3 Å². The Morgan fingerprint density at radius 3 is 2.57 bits per heavy atom. The maximum atomic E-state index is 13.5. The van der Waals surface area contributed by atoms with Crippen LogP contribution in [0.2, 0.25) is 0 Å². The van der Waals surface area contributed by atoms with Gasteiger partial charge in [-0.3, -0.25) is 10.2 Å². The van der Waals surface area contributed by atoms with Gasteiger partial charge in [-0.2, -0.15) is 13.2 Å². The van der Waals surface area contributed by atoms with Crippen molar-refractivity contribution in [3.63, 3.8) is 0 Å². The fourth-order valence-electron chi connectivity index (χ4n) is 3.99. The first kappa shape index (κ1) is 24.3. The van der Waals surface area contributed by atoms with Crippen molar-refractivity contribution in [2.24, 2.45) is 0 Å². The topological polar surface area (TPSA) is 130 Å². The van der Waals surface area contributed by atoms with Crippen LogP contribution in [-0.4, -0.2) is 38.2 Å². The van der Waals surface area contributed by atoms with E-state index in [1.165, 1.54) is 41.8 Å². The molecule has 1 fully saturated rings. The predicted octanol–water partition coefficient (Wildman–Crippen LogP) is 4.96. The molecule has 4 N–H and O–H groups in total. The van der Waals surface area contributed by atoms with E-state index in [2.05, 4.69) is 20.3 Å². The highest BCUT2D eigenvalue weighted by Gasteiger charge is 2.39. The van der Waals surface area contributed by atoms with E-state index in [0.29, 0.717) is 24.3 Å². The van der Waals surface area contributed by atoms with Gasteiger partial charge in [-0.15, -0.1) is 0 Å². The number of carbonyl (C=O) groups excluding carboxylic acids is 1. The number of halogens is 3. The number of rotatable bonds is 5. The third kappa shape index (κ3) is 4.96. The highest BCUT2D eigenvalue weighted by molar-refractivity contribution is 6.03. The number of pyridine rings is 2. The molecule has 2 amide bonds. The van der Waals surface area contributed by atoms with Gasteiger partial charge in [-0.1, -0.05) is 18.2 Å². The fourth-order valence-corrected chi connectivity index (χ4v) is 3.99. The summed E-state index contributed by atoms with van der Waals surface area (Å²) in [6.45, 7) is 0. The summed E-state index contributed by atoms with van der Waals surface area (Å²) in [7, 11) is 0. The first-order valence-corrected chi connectivity index (χ1v) is 11.3. The summed E-state index contributed by atoms with van der Waals surface area (Å²) >= 11 is 0. The van der Waals surface area contributed by atoms with E-state index in [-0.39, 0.29) is 28.6 Å². The van der Waals surface area contributed by atoms with Crippen LogP contribution in [0.5, 0.6) is 0 Å². The molecule has 1 aliphatic carbocycles. The number of anilines is 3. The van der Waals surface area contributed by atoms with E-state index in [9.17, 15) is 23.1 Å². The summed E-state index contributed by atoms with van der Waals surface area (Å²) in [5.41, 5.74) is 6.29. The highest BCUT2D eigenvalue weighted by atomic mass is 19.4. The second kappa shape index (κ2) is 9.54. The number of aliphatic hydroxyl groups excluding tert-OH is 1. The van der Waals surface area contributed by atoms with Crippen LogP contribution < -0.4 is 16.0 Å². The van der Waals surface area contributed by atoms with Crippen LogP contribution >= 0.6 is 0 Å². The van der Waals surface area contributed by atoms with Gasteiger partial charge >= 0.3 is 12.2 Å². The largest absolute Gasteiger partial charge is 0.442 e. The maximum Gasteiger partial charge on any atom is 0.416 e. The number of hydrogen-bond donors (Lipinski definition) is 3. The van der Waals surface area contributed by atoms with Crippen LogP contribution in [-0.2, 0) is 6.18 Å². The molecule has 2 atom stereocenters. The second-order valence-electron chi connectivity index (χ2n) is 8.47. The third-order valence-corrected chi connectivity index (χ3v) is 6.04. The van der Waals surface area contributed by atoms with Gasteiger partial charge in [0.05, 0.1) is 35.3 Å². The Bertz CT molecular complexity index is 1430. The van der Waals surface area contributed by atoms with Gasteiger partial charge in [0.2, 0.25) is 0 Å². The fraction of sp³-hybridized carbons (Fsp3) is 0.200. The number of hydrogen-bond acceptors (Lipinski definition) is 7. The Morgan fingerprint density at radius 1 is 1.08 bits per heavy atom. The molecule has 0 aliphatic heterocycles. The van der Waals surface area contributed by atoms with E-state index < -0.39 is 29.9 Å². The van der Waals surface area contributed by atoms with Gasteiger partial charge in [-0.25, -0.2) is 19.7 Å². The van der Waals surface area contributed by atoms with Crippen LogP contribution in [0.4, 0.5) is 35.3 Å². The average molecular weight is 510 g/mol. The molecule has 9 nitrogen and oxygen atoms in total. The van der Waals surface area contributed by atoms with Crippen molar-refractivity contribution in [3.8, 4) is 22.7 Å². The second-order valence-corrected chi connectivity index (χ2v) is 8.47. The molecule has 0 bridgehead atoms. The molecule has 4 aromatic rings. The molecule has 0 radical (unpaired) electrons. The smallest absolute Gasteiger partial charge is 0.416 e. The highest BCUT2D eigenvalue weighted by Crippen LogP contribution is 2.36. The minimum absolute atomic E-state index is 0.0163. The number of aromatic nitrogens is 3. The summed E-state index contributed by atoms with van der Waals surface area (Å²) in [6, 6.07) is 11.3. The number of carbonyl (C=O) groups is 1. The van der Waals surface area contributed by atoms with Gasteiger partial charge in [0.25, 0.3) is 0 Å². The summed E-state index contributed by atoms with van der Waals surface area (Å²) in [6.07, 6.45) is -1.65. The molecule has 1 aromatic carbocycles. The minimum atomic E-state index is -4.53. The average Bonchev–Trinajstić information content (AvgIpc) is 3.42. The number of urea groups is 1. The number of amides is 2. The van der Waals surface area contributed by atoms with E-state index >= 15 is 0 Å². The zero-order valence-corrected chi connectivity index (χ0v) is 19.2. The van der Waals surface area contributed by atoms with Crippen molar-refractivity contribution in [1.82, 2.24) is 15.0 Å². The number of oxazole rings is 1. The number of nitrogens with two attached hydrogens (primary N) is 1. The van der Waals surface area contributed by atoms with Crippen molar-refractivity contribution in [3.05, 3.63) is 72.8 Å².